The van der Waals surface area contributed by atoms with Gasteiger partial charge in [0.1, 0.15) is 5.75 Å². The minimum absolute atomic E-state index is 0.461. The van der Waals surface area contributed by atoms with Gasteiger partial charge in [-0.2, -0.15) is 0 Å². The molecule has 1 rings (SSSR count). The third-order valence-electron chi connectivity index (χ3n) is 3.39. The van der Waals surface area contributed by atoms with Gasteiger partial charge >= 0.3 is 0 Å². The molecule has 0 fully saturated rings. The predicted octanol–water partition coefficient (Wildman–Crippen LogP) is 4.17. The highest BCUT2D eigenvalue weighted by Crippen LogP contribution is 2.25. The number of benzene rings is 1. The third-order valence-corrected chi connectivity index (χ3v) is 3.39. The van der Waals surface area contributed by atoms with Gasteiger partial charge in [0.05, 0.1) is 7.11 Å². The zero-order valence-electron chi connectivity index (χ0n) is 12.2. The fraction of sp³-hybridized carbons (Fsp3) is 0.625. The molecule has 2 unspecified atom stereocenters. The Bertz CT molecular complexity index is 320. The molecule has 0 amide bonds. The first-order chi connectivity index (χ1) is 8.71. The zero-order chi connectivity index (χ0) is 13.4. The molecule has 0 saturated heterocycles. The van der Waals surface area contributed by atoms with Crippen LogP contribution in [0.3, 0.4) is 0 Å². The van der Waals surface area contributed by atoms with E-state index < -0.39 is 0 Å². The van der Waals surface area contributed by atoms with Crippen molar-refractivity contribution in [2.45, 2.75) is 46.1 Å². The molecule has 0 aromatic heterocycles. The van der Waals surface area contributed by atoms with Crippen molar-refractivity contribution in [1.82, 2.24) is 5.32 Å². The summed E-state index contributed by atoms with van der Waals surface area (Å²) in [5.41, 5.74) is 1.36. The molecule has 0 radical (unpaired) electrons. The van der Waals surface area contributed by atoms with Crippen LogP contribution in [0, 0.1) is 5.92 Å². The van der Waals surface area contributed by atoms with Crippen molar-refractivity contribution in [3.05, 3.63) is 29.8 Å². The Morgan fingerprint density at radius 1 is 1.17 bits per heavy atom. The van der Waals surface area contributed by atoms with Crippen molar-refractivity contribution in [2.24, 2.45) is 5.92 Å². The van der Waals surface area contributed by atoms with Gasteiger partial charge in [-0.1, -0.05) is 45.7 Å². The highest BCUT2D eigenvalue weighted by atomic mass is 16.5. The van der Waals surface area contributed by atoms with E-state index in [0.29, 0.717) is 6.04 Å². The molecule has 0 aliphatic carbocycles. The Morgan fingerprint density at radius 3 is 2.33 bits per heavy atom. The summed E-state index contributed by atoms with van der Waals surface area (Å²) >= 11 is 0. The summed E-state index contributed by atoms with van der Waals surface area (Å²) < 4.78 is 5.21. The lowest BCUT2D eigenvalue weighted by Crippen LogP contribution is -2.22. The monoisotopic (exact) mass is 249 g/mol. The minimum atomic E-state index is 0.461. The number of hydrogen-bond donors (Lipinski definition) is 1. The van der Waals surface area contributed by atoms with E-state index in [0.717, 1.165) is 18.2 Å². The number of methoxy groups -OCH3 is 1. The molecule has 0 aliphatic rings. The van der Waals surface area contributed by atoms with Crippen LogP contribution in [0.5, 0.6) is 5.75 Å². The van der Waals surface area contributed by atoms with Gasteiger partial charge < -0.3 is 10.1 Å². The average Bonchev–Trinajstić information content (AvgIpc) is 2.39. The van der Waals surface area contributed by atoms with E-state index in [9.17, 15) is 0 Å². The van der Waals surface area contributed by atoms with Crippen LogP contribution >= 0.6 is 0 Å². The van der Waals surface area contributed by atoms with E-state index in [1.807, 2.05) is 12.1 Å². The predicted molar refractivity (Wildman–Crippen MR) is 78.1 cm³/mol. The van der Waals surface area contributed by atoms with Crippen LogP contribution < -0.4 is 10.1 Å². The van der Waals surface area contributed by atoms with Crippen LogP contribution in [0.1, 0.15) is 51.6 Å². The first-order valence-corrected chi connectivity index (χ1v) is 7.08. The van der Waals surface area contributed by atoms with Crippen molar-refractivity contribution < 1.29 is 4.74 Å². The Kier molecular flexibility index (Phi) is 6.81. The molecule has 0 spiro atoms. The molecular formula is C16H27NO. The molecule has 0 saturated carbocycles. The lowest BCUT2D eigenvalue weighted by atomic mass is 9.93. The van der Waals surface area contributed by atoms with Crippen molar-refractivity contribution in [3.63, 3.8) is 0 Å². The normalized spacial score (nSPS) is 14.2. The molecule has 2 atom stereocenters. The van der Waals surface area contributed by atoms with Crippen LogP contribution in [-0.4, -0.2) is 13.7 Å². The van der Waals surface area contributed by atoms with Crippen molar-refractivity contribution >= 4 is 0 Å². The molecule has 2 heteroatoms. The molecule has 0 heterocycles. The highest BCUT2D eigenvalue weighted by molar-refractivity contribution is 5.29. The Hall–Kier alpha value is -1.02. The lowest BCUT2D eigenvalue weighted by molar-refractivity contribution is 0.393. The summed E-state index contributed by atoms with van der Waals surface area (Å²) in [5, 5.41) is 3.58. The van der Waals surface area contributed by atoms with Crippen LogP contribution in [-0.2, 0) is 0 Å². The Balaban J connectivity index is 2.69. The van der Waals surface area contributed by atoms with Crippen molar-refractivity contribution in [1.29, 1.82) is 0 Å². The van der Waals surface area contributed by atoms with Gasteiger partial charge in [-0.15, -0.1) is 0 Å². The largest absolute Gasteiger partial charge is 0.497 e. The summed E-state index contributed by atoms with van der Waals surface area (Å²) in [6.07, 6.45) is 3.77. The Labute approximate surface area is 112 Å². The van der Waals surface area contributed by atoms with Crippen LogP contribution in [0.15, 0.2) is 24.3 Å². The third kappa shape index (κ3) is 4.69. The molecule has 1 aromatic carbocycles. The number of rotatable bonds is 8. The molecule has 0 bridgehead atoms. The fourth-order valence-electron chi connectivity index (χ4n) is 2.43. The summed E-state index contributed by atoms with van der Waals surface area (Å²) in [4.78, 5) is 0. The molecule has 102 valence electrons. The van der Waals surface area contributed by atoms with Gasteiger partial charge in [-0.3, -0.25) is 0 Å². The van der Waals surface area contributed by atoms with Gasteiger partial charge in [0.25, 0.3) is 0 Å². The van der Waals surface area contributed by atoms with E-state index in [1.54, 1.807) is 7.11 Å². The smallest absolute Gasteiger partial charge is 0.118 e. The van der Waals surface area contributed by atoms with Crippen molar-refractivity contribution in [2.75, 3.05) is 13.7 Å². The summed E-state index contributed by atoms with van der Waals surface area (Å²) in [5.74, 6) is 1.69. The summed E-state index contributed by atoms with van der Waals surface area (Å²) in [7, 11) is 1.71. The van der Waals surface area contributed by atoms with Gasteiger partial charge in [-0.05, 0) is 36.6 Å². The SMILES string of the molecule is CCCC(C)CC(NCC)c1ccc(OC)cc1. The topological polar surface area (TPSA) is 21.3 Å². The molecule has 1 aromatic rings. The van der Waals surface area contributed by atoms with E-state index in [4.69, 9.17) is 4.74 Å². The molecule has 0 aliphatic heterocycles. The lowest BCUT2D eigenvalue weighted by Gasteiger charge is -2.22. The van der Waals surface area contributed by atoms with Crippen LogP contribution in [0.2, 0.25) is 0 Å². The highest BCUT2D eigenvalue weighted by Gasteiger charge is 2.13. The van der Waals surface area contributed by atoms with E-state index >= 15 is 0 Å². The second-order valence-electron chi connectivity index (χ2n) is 5.01. The zero-order valence-corrected chi connectivity index (χ0v) is 12.2. The standard InChI is InChI=1S/C16H27NO/c1-5-7-13(3)12-16(17-6-2)14-8-10-15(18-4)11-9-14/h8-11,13,16-17H,5-7,12H2,1-4H3. The second-order valence-corrected chi connectivity index (χ2v) is 5.01. The van der Waals surface area contributed by atoms with E-state index in [-0.39, 0.29) is 0 Å². The van der Waals surface area contributed by atoms with Gasteiger partial charge in [0.15, 0.2) is 0 Å². The molecule has 2 nitrogen and oxygen atoms in total. The van der Waals surface area contributed by atoms with Gasteiger partial charge in [-0.25, -0.2) is 0 Å². The van der Waals surface area contributed by atoms with Gasteiger partial charge in [0.2, 0.25) is 0 Å². The van der Waals surface area contributed by atoms with Crippen molar-refractivity contribution in [3.8, 4) is 5.75 Å². The first kappa shape index (κ1) is 15.0. The van der Waals surface area contributed by atoms with Gasteiger partial charge in [0, 0.05) is 6.04 Å². The van der Waals surface area contributed by atoms with Crippen LogP contribution in [0.25, 0.3) is 0 Å². The maximum absolute atomic E-state index is 5.21. The molecular weight excluding hydrogens is 222 g/mol. The van der Waals surface area contributed by atoms with E-state index in [2.05, 4.69) is 38.2 Å². The first-order valence-electron chi connectivity index (χ1n) is 7.08. The number of nitrogens with one attached hydrogen (secondary N) is 1. The quantitative estimate of drug-likeness (QED) is 0.746. The second kappa shape index (κ2) is 8.15. The minimum Gasteiger partial charge on any atom is -0.497 e. The maximum Gasteiger partial charge on any atom is 0.118 e. The summed E-state index contributed by atoms with van der Waals surface area (Å²) in [6, 6.07) is 8.90. The summed E-state index contributed by atoms with van der Waals surface area (Å²) in [6.45, 7) is 7.78. The number of ether oxygens (including phenoxy) is 1. The van der Waals surface area contributed by atoms with Crippen LogP contribution in [0.4, 0.5) is 0 Å². The Morgan fingerprint density at radius 2 is 1.83 bits per heavy atom. The number of hydrogen-bond acceptors (Lipinski definition) is 2. The average molecular weight is 249 g/mol. The van der Waals surface area contributed by atoms with E-state index in [1.165, 1.54) is 24.8 Å². The maximum atomic E-state index is 5.21. The molecule has 1 N–H and O–H groups in total. The fourth-order valence-corrected chi connectivity index (χ4v) is 2.43. The molecule has 18 heavy (non-hydrogen) atoms.